The fourth-order valence-electron chi connectivity index (χ4n) is 3.62. The van der Waals surface area contributed by atoms with Gasteiger partial charge in [-0.1, -0.05) is 19.1 Å². The minimum Gasteiger partial charge on any atom is -0.497 e. The topological polar surface area (TPSA) is 59.5 Å². The molecule has 3 aromatic rings. The lowest BCUT2D eigenvalue weighted by Gasteiger charge is -2.30. The van der Waals surface area contributed by atoms with Gasteiger partial charge in [-0.05, 0) is 42.8 Å². The molecule has 1 fully saturated rings. The van der Waals surface area contributed by atoms with Crippen molar-refractivity contribution in [3.8, 4) is 17.1 Å². The predicted octanol–water partition coefficient (Wildman–Crippen LogP) is 3.83. The second kappa shape index (κ2) is 9.20. The molecule has 1 N–H and O–H groups in total. The summed E-state index contributed by atoms with van der Waals surface area (Å²) in [5.41, 5.74) is 1.91. The maximum atomic E-state index is 5.48. The van der Waals surface area contributed by atoms with Crippen LogP contribution in [-0.2, 0) is 4.74 Å². The lowest BCUT2D eigenvalue weighted by molar-refractivity contribution is 0.0360. The van der Waals surface area contributed by atoms with Crippen molar-refractivity contribution in [3.05, 3.63) is 48.5 Å². The molecule has 0 bridgehead atoms. The number of fused-ring (bicyclic) bond motifs is 1. The third-order valence-electron chi connectivity index (χ3n) is 5.37. The van der Waals surface area contributed by atoms with Gasteiger partial charge < -0.3 is 14.8 Å². The van der Waals surface area contributed by atoms with E-state index in [1.807, 2.05) is 42.5 Å². The number of ether oxygens (including phenoxy) is 2. The molecule has 1 unspecified atom stereocenters. The maximum absolute atomic E-state index is 5.48. The van der Waals surface area contributed by atoms with Crippen LogP contribution in [0.2, 0.25) is 0 Å². The Balaban J connectivity index is 1.64. The summed E-state index contributed by atoms with van der Waals surface area (Å²) in [6, 6.07) is 16.4. The van der Waals surface area contributed by atoms with Gasteiger partial charge in [-0.3, -0.25) is 4.90 Å². The number of hydrogen-bond donors (Lipinski definition) is 1. The van der Waals surface area contributed by atoms with Crippen molar-refractivity contribution in [2.45, 2.75) is 19.4 Å². The second-order valence-corrected chi connectivity index (χ2v) is 7.30. The van der Waals surface area contributed by atoms with Crippen molar-refractivity contribution < 1.29 is 9.47 Å². The first-order chi connectivity index (χ1) is 14.3. The molecule has 1 saturated heterocycles. The molecule has 29 heavy (non-hydrogen) atoms. The van der Waals surface area contributed by atoms with Gasteiger partial charge in [0.2, 0.25) is 0 Å². The Hall–Kier alpha value is -2.70. The van der Waals surface area contributed by atoms with Crippen LogP contribution in [0.15, 0.2) is 48.5 Å². The van der Waals surface area contributed by atoms with Crippen LogP contribution >= 0.6 is 0 Å². The summed E-state index contributed by atoms with van der Waals surface area (Å²) in [5, 5.41) is 4.74. The van der Waals surface area contributed by atoms with Crippen LogP contribution in [0.3, 0.4) is 0 Å². The molecule has 2 aromatic carbocycles. The minimum atomic E-state index is 0.315. The fraction of sp³-hybridized carbons (Fsp3) is 0.391. The lowest BCUT2D eigenvalue weighted by Crippen LogP contribution is -2.43. The van der Waals surface area contributed by atoms with Gasteiger partial charge in [-0.25, -0.2) is 9.97 Å². The van der Waals surface area contributed by atoms with Crippen molar-refractivity contribution in [2.24, 2.45) is 0 Å². The number of anilines is 1. The molecule has 0 spiro atoms. The van der Waals surface area contributed by atoms with Crippen LogP contribution in [0.5, 0.6) is 5.75 Å². The van der Waals surface area contributed by atoms with Gasteiger partial charge in [0.25, 0.3) is 0 Å². The first kappa shape index (κ1) is 19.6. The molecule has 1 aromatic heterocycles. The summed E-state index contributed by atoms with van der Waals surface area (Å²) < 4.78 is 10.8. The van der Waals surface area contributed by atoms with Gasteiger partial charge in [0, 0.05) is 36.6 Å². The quantitative estimate of drug-likeness (QED) is 0.659. The monoisotopic (exact) mass is 392 g/mol. The van der Waals surface area contributed by atoms with Crippen LogP contribution in [0.1, 0.15) is 13.3 Å². The minimum absolute atomic E-state index is 0.315. The highest BCUT2D eigenvalue weighted by Crippen LogP contribution is 2.27. The normalized spacial score (nSPS) is 15.9. The highest BCUT2D eigenvalue weighted by atomic mass is 16.5. The molecule has 0 radical (unpaired) electrons. The van der Waals surface area contributed by atoms with E-state index in [0.717, 1.165) is 73.1 Å². The van der Waals surface area contributed by atoms with Crippen LogP contribution in [0, 0.1) is 0 Å². The first-order valence-electron chi connectivity index (χ1n) is 10.2. The molecule has 0 saturated carbocycles. The van der Waals surface area contributed by atoms with Crippen LogP contribution < -0.4 is 10.1 Å². The van der Waals surface area contributed by atoms with Crippen molar-refractivity contribution in [1.82, 2.24) is 14.9 Å². The number of aromatic nitrogens is 2. The summed E-state index contributed by atoms with van der Waals surface area (Å²) in [6.07, 6.45) is 1.02. The lowest BCUT2D eigenvalue weighted by atomic mass is 10.1. The van der Waals surface area contributed by atoms with Crippen molar-refractivity contribution >= 4 is 16.7 Å². The molecule has 1 aliphatic rings. The van der Waals surface area contributed by atoms with E-state index in [0.29, 0.717) is 6.04 Å². The molecule has 1 atom stereocenters. The Labute approximate surface area is 171 Å². The Kier molecular flexibility index (Phi) is 6.22. The van der Waals surface area contributed by atoms with Gasteiger partial charge in [-0.2, -0.15) is 0 Å². The van der Waals surface area contributed by atoms with Gasteiger partial charge in [-0.15, -0.1) is 0 Å². The van der Waals surface area contributed by atoms with E-state index in [9.17, 15) is 0 Å². The number of nitrogens with one attached hydrogen (secondary N) is 1. The third kappa shape index (κ3) is 4.66. The number of methoxy groups -OCH3 is 1. The molecule has 1 aliphatic heterocycles. The van der Waals surface area contributed by atoms with Crippen LogP contribution in [0.4, 0.5) is 5.82 Å². The molecular formula is C23H28N4O2. The van der Waals surface area contributed by atoms with Crippen molar-refractivity contribution in [3.63, 3.8) is 0 Å². The Morgan fingerprint density at radius 2 is 1.83 bits per heavy atom. The smallest absolute Gasteiger partial charge is 0.162 e. The van der Waals surface area contributed by atoms with E-state index in [-0.39, 0.29) is 0 Å². The number of nitrogens with zero attached hydrogens (tertiary/aromatic N) is 3. The van der Waals surface area contributed by atoms with E-state index >= 15 is 0 Å². The van der Waals surface area contributed by atoms with Gasteiger partial charge in [0.1, 0.15) is 11.6 Å². The first-order valence-corrected chi connectivity index (χ1v) is 10.2. The van der Waals surface area contributed by atoms with Crippen molar-refractivity contribution in [1.29, 1.82) is 0 Å². The van der Waals surface area contributed by atoms with Gasteiger partial charge >= 0.3 is 0 Å². The summed E-state index contributed by atoms with van der Waals surface area (Å²) in [7, 11) is 1.67. The van der Waals surface area contributed by atoms with E-state index < -0.39 is 0 Å². The molecule has 0 amide bonds. The van der Waals surface area contributed by atoms with Gasteiger partial charge in [0.05, 0.1) is 25.8 Å². The van der Waals surface area contributed by atoms with E-state index in [4.69, 9.17) is 19.4 Å². The van der Waals surface area contributed by atoms with Crippen molar-refractivity contribution in [2.75, 3.05) is 45.3 Å². The Morgan fingerprint density at radius 1 is 1.07 bits per heavy atom. The maximum Gasteiger partial charge on any atom is 0.162 e. The average Bonchev–Trinajstić information content (AvgIpc) is 2.79. The number of para-hydroxylation sites is 1. The molecule has 6 nitrogen and oxygen atoms in total. The molecular weight excluding hydrogens is 364 g/mol. The number of hydrogen-bond acceptors (Lipinski definition) is 6. The standard InChI is InChI=1S/C23H28N4O2/c1-3-18(16-27-12-14-29-15-13-27)24-23-20-6-4-5-7-21(20)25-22(26-23)17-8-10-19(28-2)11-9-17/h4-11,18H,3,12-16H2,1-2H3,(H,24,25,26). The SMILES string of the molecule is CCC(CN1CCOCC1)Nc1nc(-c2ccc(OC)cc2)nc2ccccc12. The number of rotatable bonds is 7. The highest BCUT2D eigenvalue weighted by molar-refractivity contribution is 5.90. The van der Waals surface area contributed by atoms with E-state index in [1.165, 1.54) is 0 Å². The number of benzene rings is 2. The second-order valence-electron chi connectivity index (χ2n) is 7.30. The summed E-state index contributed by atoms with van der Waals surface area (Å²) >= 11 is 0. The predicted molar refractivity (Wildman–Crippen MR) is 116 cm³/mol. The van der Waals surface area contributed by atoms with Crippen LogP contribution in [0.25, 0.3) is 22.3 Å². The molecule has 6 heteroatoms. The zero-order valence-electron chi connectivity index (χ0n) is 17.1. The van der Waals surface area contributed by atoms with Crippen LogP contribution in [-0.4, -0.2) is 60.9 Å². The largest absolute Gasteiger partial charge is 0.497 e. The zero-order chi connectivity index (χ0) is 20.1. The third-order valence-corrected chi connectivity index (χ3v) is 5.37. The summed E-state index contributed by atoms with van der Waals surface area (Å²) in [5.74, 6) is 2.43. The van der Waals surface area contributed by atoms with E-state index in [1.54, 1.807) is 7.11 Å². The summed E-state index contributed by atoms with van der Waals surface area (Å²) in [4.78, 5) is 12.1. The molecule has 152 valence electrons. The van der Waals surface area contributed by atoms with E-state index in [2.05, 4.69) is 23.2 Å². The molecule has 4 rings (SSSR count). The van der Waals surface area contributed by atoms with Gasteiger partial charge in [0.15, 0.2) is 5.82 Å². The zero-order valence-corrected chi connectivity index (χ0v) is 17.1. The Bertz CT molecular complexity index is 939. The number of morpholine rings is 1. The average molecular weight is 393 g/mol. The molecule has 2 heterocycles. The molecule has 0 aliphatic carbocycles. The highest BCUT2D eigenvalue weighted by Gasteiger charge is 2.18. The Morgan fingerprint density at radius 3 is 2.55 bits per heavy atom. The fourth-order valence-corrected chi connectivity index (χ4v) is 3.62. The summed E-state index contributed by atoms with van der Waals surface area (Å²) in [6.45, 7) is 6.80.